The van der Waals surface area contributed by atoms with Crippen LogP contribution in [0, 0.1) is 6.92 Å². The number of hydrogen-bond donors (Lipinski definition) is 0. The second-order valence-electron chi connectivity index (χ2n) is 7.43. The molecule has 0 aliphatic carbocycles. The maximum Gasteiger partial charge on any atom is 0.257 e. The number of hydrogen-bond acceptors (Lipinski definition) is 3. The maximum atomic E-state index is 12.8. The zero-order valence-electron chi connectivity index (χ0n) is 16.4. The van der Waals surface area contributed by atoms with E-state index in [1.165, 1.54) is 23.7 Å². The molecule has 2 atom stereocenters. The van der Waals surface area contributed by atoms with Gasteiger partial charge in [-0.15, -0.1) is 0 Å². The Labute approximate surface area is 160 Å². The molecule has 5 heteroatoms. The molecule has 0 bridgehead atoms. The first kappa shape index (κ1) is 19.2. The summed E-state index contributed by atoms with van der Waals surface area (Å²) in [4.78, 5) is 28.9. The third kappa shape index (κ3) is 4.41. The first-order valence-corrected chi connectivity index (χ1v) is 9.63. The molecule has 2 amide bonds. The highest BCUT2D eigenvalue weighted by Crippen LogP contribution is 2.26. The molecule has 2 aromatic rings. The van der Waals surface area contributed by atoms with Crippen molar-refractivity contribution in [1.82, 2.24) is 9.80 Å². The molecule has 0 N–H and O–H groups in total. The Morgan fingerprint density at radius 2 is 2.00 bits per heavy atom. The summed E-state index contributed by atoms with van der Waals surface area (Å²) in [5.41, 5.74) is 3.00. The van der Waals surface area contributed by atoms with E-state index in [0.717, 1.165) is 12.8 Å². The smallest absolute Gasteiger partial charge is 0.257 e. The number of likely N-dealkylation sites (N-methyl/N-ethyl adjacent to an activating group) is 1. The van der Waals surface area contributed by atoms with E-state index < -0.39 is 0 Å². The second kappa shape index (κ2) is 8.42. The quantitative estimate of drug-likeness (QED) is 0.778. The van der Waals surface area contributed by atoms with Crippen LogP contribution in [0.25, 0.3) is 0 Å². The summed E-state index contributed by atoms with van der Waals surface area (Å²) in [7, 11) is 1.80. The summed E-state index contributed by atoms with van der Waals surface area (Å²) < 4.78 is 5.00. The standard InChI is InChI=1S/C22H28N2O3/c1-4-17(18-7-5-16(2)6-8-18)13-21(25)24-11-9-20(14-24)23(3)22(26)19-10-12-27-15-19/h5-8,10,12,15,17,20H,4,9,11,13-14H2,1-3H3. The molecule has 5 nitrogen and oxygen atoms in total. The monoisotopic (exact) mass is 368 g/mol. The Hall–Kier alpha value is -2.56. The van der Waals surface area contributed by atoms with Crippen LogP contribution in [0.5, 0.6) is 0 Å². The van der Waals surface area contributed by atoms with Crippen molar-refractivity contribution < 1.29 is 14.0 Å². The van der Waals surface area contributed by atoms with Gasteiger partial charge in [0.05, 0.1) is 17.9 Å². The average molecular weight is 368 g/mol. The molecular formula is C22H28N2O3. The van der Waals surface area contributed by atoms with Gasteiger partial charge in [0.1, 0.15) is 6.26 Å². The van der Waals surface area contributed by atoms with Gasteiger partial charge in [0.2, 0.25) is 5.91 Å². The molecule has 1 saturated heterocycles. The number of carbonyl (C=O) groups excluding carboxylic acids is 2. The lowest BCUT2D eigenvalue weighted by molar-refractivity contribution is -0.130. The predicted molar refractivity (Wildman–Crippen MR) is 105 cm³/mol. The lowest BCUT2D eigenvalue weighted by Gasteiger charge is -2.25. The van der Waals surface area contributed by atoms with Gasteiger partial charge in [-0.25, -0.2) is 0 Å². The number of nitrogens with zero attached hydrogens (tertiary/aromatic N) is 2. The number of furan rings is 1. The maximum absolute atomic E-state index is 12.8. The van der Waals surface area contributed by atoms with Gasteiger partial charge in [-0.05, 0) is 37.3 Å². The molecule has 2 heterocycles. The van der Waals surface area contributed by atoms with Crippen LogP contribution in [-0.2, 0) is 4.79 Å². The van der Waals surface area contributed by atoms with Crippen LogP contribution in [0.2, 0.25) is 0 Å². The second-order valence-corrected chi connectivity index (χ2v) is 7.43. The SMILES string of the molecule is CCC(CC(=O)N1CCC(N(C)C(=O)c2ccoc2)C1)c1ccc(C)cc1. The van der Waals surface area contributed by atoms with Crippen molar-refractivity contribution in [2.75, 3.05) is 20.1 Å². The molecule has 1 aliphatic heterocycles. The molecule has 1 fully saturated rings. The van der Waals surface area contributed by atoms with Gasteiger partial charge in [-0.2, -0.15) is 0 Å². The first-order chi connectivity index (χ1) is 13.0. The van der Waals surface area contributed by atoms with Crippen molar-refractivity contribution in [2.45, 2.75) is 45.1 Å². The van der Waals surface area contributed by atoms with Gasteiger partial charge in [0, 0.05) is 26.6 Å². The van der Waals surface area contributed by atoms with E-state index in [0.29, 0.717) is 25.1 Å². The Morgan fingerprint density at radius 3 is 2.63 bits per heavy atom. The summed E-state index contributed by atoms with van der Waals surface area (Å²) in [6, 6.07) is 10.2. The van der Waals surface area contributed by atoms with Crippen LogP contribution >= 0.6 is 0 Å². The van der Waals surface area contributed by atoms with Crippen molar-refractivity contribution in [3.8, 4) is 0 Å². The van der Waals surface area contributed by atoms with E-state index in [1.807, 2.05) is 4.90 Å². The molecule has 1 aromatic heterocycles. The summed E-state index contributed by atoms with van der Waals surface area (Å²) in [5.74, 6) is 0.352. The number of amides is 2. The van der Waals surface area contributed by atoms with Crippen LogP contribution in [0.3, 0.4) is 0 Å². The highest BCUT2D eigenvalue weighted by Gasteiger charge is 2.32. The highest BCUT2D eigenvalue weighted by molar-refractivity contribution is 5.94. The average Bonchev–Trinajstić information content (AvgIpc) is 3.37. The van der Waals surface area contributed by atoms with Crippen LogP contribution in [0.1, 0.15) is 53.6 Å². The van der Waals surface area contributed by atoms with E-state index in [-0.39, 0.29) is 23.8 Å². The fourth-order valence-electron chi connectivity index (χ4n) is 3.72. The highest BCUT2D eigenvalue weighted by atomic mass is 16.3. The fraction of sp³-hybridized carbons (Fsp3) is 0.455. The van der Waals surface area contributed by atoms with Crippen LogP contribution in [-0.4, -0.2) is 47.8 Å². The zero-order valence-corrected chi connectivity index (χ0v) is 16.4. The number of benzene rings is 1. The normalized spacial score (nSPS) is 17.7. The van der Waals surface area contributed by atoms with E-state index in [4.69, 9.17) is 4.42 Å². The molecule has 1 aliphatic rings. The molecule has 2 unspecified atom stereocenters. The van der Waals surface area contributed by atoms with E-state index >= 15 is 0 Å². The Balaban J connectivity index is 1.58. The third-order valence-electron chi connectivity index (χ3n) is 5.61. The molecule has 27 heavy (non-hydrogen) atoms. The minimum absolute atomic E-state index is 0.0517. The van der Waals surface area contributed by atoms with E-state index in [2.05, 4.69) is 38.1 Å². The minimum atomic E-state index is -0.0610. The van der Waals surface area contributed by atoms with Gasteiger partial charge in [-0.1, -0.05) is 36.8 Å². The minimum Gasteiger partial charge on any atom is -0.472 e. The van der Waals surface area contributed by atoms with Crippen molar-refractivity contribution in [3.63, 3.8) is 0 Å². The molecule has 0 radical (unpaired) electrons. The summed E-state index contributed by atoms with van der Waals surface area (Å²) in [6.07, 6.45) is 5.23. The lowest BCUT2D eigenvalue weighted by Crippen LogP contribution is -2.40. The van der Waals surface area contributed by atoms with E-state index in [9.17, 15) is 9.59 Å². The number of carbonyl (C=O) groups is 2. The van der Waals surface area contributed by atoms with Gasteiger partial charge in [0.25, 0.3) is 5.91 Å². The zero-order chi connectivity index (χ0) is 19.4. The summed E-state index contributed by atoms with van der Waals surface area (Å²) in [6.45, 7) is 5.50. The largest absolute Gasteiger partial charge is 0.472 e. The van der Waals surface area contributed by atoms with Gasteiger partial charge in [0.15, 0.2) is 0 Å². The molecule has 144 valence electrons. The molecule has 0 saturated carbocycles. The first-order valence-electron chi connectivity index (χ1n) is 9.63. The van der Waals surface area contributed by atoms with Crippen LogP contribution in [0.15, 0.2) is 47.3 Å². The third-order valence-corrected chi connectivity index (χ3v) is 5.61. The predicted octanol–water partition coefficient (Wildman–Crippen LogP) is 3.84. The number of likely N-dealkylation sites (tertiary alicyclic amines) is 1. The molecule has 0 spiro atoms. The van der Waals surface area contributed by atoms with Crippen molar-refractivity contribution in [2.24, 2.45) is 0 Å². The van der Waals surface area contributed by atoms with E-state index in [1.54, 1.807) is 18.0 Å². The van der Waals surface area contributed by atoms with Crippen molar-refractivity contribution in [3.05, 3.63) is 59.5 Å². The Kier molecular flexibility index (Phi) is 5.99. The van der Waals surface area contributed by atoms with Crippen molar-refractivity contribution >= 4 is 11.8 Å². The Bertz CT molecular complexity index is 767. The van der Waals surface area contributed by atoms with Gasteiger partial charge in [-0.3, -0.25) is 9.59 Å². The fourth-order valence-corrected chi connectivity index (χ4v) is 3.72. The number of rotatable bonds is 6. The summed E-state index contributed by atoms with van der Waals surface area (Å²) in [5, 5.41) is 0. The van der Waals surface area contributed by atoms with Gasteiger partial charge >= 0.3 is 0 Å². The number of aryl methyl sites for hydroxylation is 1. The molecular weight excluding hydrogens is 340 g/mol. The van der Waals surface area contributed by atoms with Crippen LogP contribution < -0.4 is 0 Å². The topological polar surface area (TPSA) is 53.8 Å². The van der Waals surface area contributed by atoms with Crippen molar-refractivity contribution in [1.29, 1.82) is 0 Å². The molecule has 1 aromatic carbocycles. The lowest BCUT2D eigenvalue weighted by atomic mass is 9.92. The Morgan fingerprint density at radius 1 is 1.26 bits per heavy atom. The van der Waals surface area contributed by atoms with Gasteiger partial charge < -0.3 is 14.2 Å². The summed E-state index contributed by atoms with van der Waals surface area (Å²) >= 11 is 0. The molecule has 3 rings (SSSR count). The van der Waals surface area contributed by atoms with Crippen LogP contribution in [0.4, 0.5) is 0 Å².